The molecular weight excluding hydrogens is 414 g/mol. The van der Waals surface area contributed by atoms with E-state index in [0.717, 1.165) is 22.4 Å². The largest absolute Gasteiger partial charge is 0.454 e. The number of hydrogen-bond acceptors (Lipinski definition) is 5. The molecule has 0 radical (unpaired) electrons. The molecular formula is C27H29N3O3. The van der Waals surface area contributed by atoms with Crippen LogP contribution in [0.4, 0.5) is 0 Å². The van der Waals surface area contributed by atoms with E-state index in [1.54, 1.807) is 11.7 Å². The van der Waals surface area contributed by atoms with Crippen LogP contribution < -0.4 is 0 Å². The number of hydrogen-bond donors (Lipinski definition) is 0. The summed E-state index contributed by atoms with van der Waals surface area (Å²) in [5.41, 5.74) is 4.50. The number of allylic oxidation sites excluding steroid dienone is 1. The SMILES string of the molecule is Cc1cc(/C(OCOC(=O)Cc2ccccc2)=C(\C#N)c2ccc(C(C)(C)C)cc2)n(C)n1. The Hall–Kier alpha value is -3.85. The summed E-state index contributed by atoms with van der Waals surface area (Å²) in [4.78, 5) is 12.2. The van der Waals surface area contributed by atoms with Crippen LogP contribution in [0.5, 0.6) is 0 Å². The number of aryl methyl sites for hydroxylation is 2. The first-order chi connectivity index (χ1) is 15.7. The maximum atomic E-state index is 12.2. The van der Waals surface area contributed by atoms with Gasteiger partial charge < -0.3 is 9.47 Å². The Kier molecular flexibility index (Phi) is 7.34. The lowest BCUT2D eigenvalue weighted by atomic mass is 9.86. The van der Waals surface area contributed by atoms with E-state index in [1.807, 2.05) is 67.6 Å². The van der Waals surface area contributed by atoms with Crippen LogP contribution in [-0.2, 0) is 33.2 Å². The van der Waals surface area contributed by atoms with Crippen LogP contribution in [-0.4, -0.2) is 22.5 Å². The lowest BCUT2D eigenvalue weighted by molar-refractivity contribution is -0.150. The molecule has 3 aromatic rings. The van der Waals surface area contributed by atoms with Crippen LogP contribution in [0.2, 0.25) is 0 Å². The number of ether oxygens (including phenoxy) is 2. The van der Waals surface area contributed by atoms with Crippen molar-refractivity contribution in [3.05, 3.63) is 88.7 Å². The van der Waals surface area contributed by atoms with E-state index < -0.39 is 5.97 Å². The topological polar surface area (TPSA) is 77.1 Å². The van der Waals surface area contributed by atoms with Crippen molar-refractivity contribution in [3.8, 4) is 6.07 Å². The van der Waals surface area contributed by atoms with Crippen LogP contribution in [0.3, 0.4) is 0 Å². The molecule has 170 valence electrons. The Bertz CT molecular complexity index is 1180. The van der Waals surface area contributed by atoms with Crippen molar-refractivity contribution in [1.82, 2.24) is 9.78 Å². The second-order valence-electron chi connectivity index (χ2n) is 8.88. The third kappa shape index (κ3) is 6.11. The average molecular weight is 444 g/mol. The maximum Gasteiger partial charge on any atom is 0.313 e. The van der Waals surface area contributed by atoms with Gasteiger partial charge in [-0.05, 0) is 35.1 Å². The van der Waals surface area contributed by atoms with Crippen LogP contribution >= 0.6 is 0 Å². The minimum Gasteiger partial charge on any atom is -0.454 e. The lowest BCUT2D eigenvalue weighted by Gasteiger charge is -2.19. The third-order valence-electron chi connectivity index (χ3n) is 5.23. The number of benzene rings is 2. The van der Waals surface area contributed by atoms with Gasteiger partial charge in [0.15, 0.2) is 5.76 Å². The molecule has 1 aromatic heterocycles. The minimum atomic E-state index is -0.408. The van der Waals surface area contributed by atoms with Gasteiger partial charge in [0, 0.05) is 7.05 Å². The molecule has 0 atom stereocenters. The summed E-state index contributed by atoms with van der Waals surface area (Å²) in [6.45, 7) is 7.97. The van der Waals surface area contributed by atoms with E-state index in [1.165, 1.54) is 0 Å². The Balaban J connectivity index is 1.87. The highest BCUT2D eigenvalue weighted by atomic mass is 16.7. The summed E-state index contributed by atoms with van der Waals surface area (Å²) >= 11 is 0. The fraction of sp³-hybridized carbons (Fsp3) is 0.296. The zero-order valence-electron chi connectivity index (χ0n) is 19.8. The molecule has 33 heavy (non-hydrogen) atoms. The van der Waals surface area contributed by atoms with Gasteiger partial charge in [-0.3, -0.25) is 9.48 Å². The molecule has 0 aliphatic heterocycles. The van der Waals surface area contributed by atoms with Crippen LogP contribution in [0.25, 0.3) is 11.3 Å². The molecule has 0 saturated carbocycles. The van der Waals surface area contributed by atoms with Crippen LogP contribution in [0.1, 0.15) is 48.8 Å². The molecule has 6 heteroatoms. The van der Waals surface area contributed by atoms with Gasteiger partial charge in [0.2, 0.25) is 6.79 Å². The third-order valence-corrected chi connectivity index (χ3v) is 5.23. The summed E-state index contributed by atoms with van der Waals surface area (Å²) in [5.74, 6) is -0.0913. The Labute approximate surface area is 195 Å². The normalized spacial score (nSPS) is 12.0. The van der Waals surface area contributed by atoms with E-state index in [4.69, 9.17) is 9.47 Å². The number of carbonyl (C=O) groups is 1. The standard InChI is InChI=1S/C27H29N3O3/c1-19-15-24(30(5)29-19)26(33-18-32-25(31)16-20-9-7-6-8-10-20)23(17-28)21-11-13-22(14-12-21)27(2,3)4/h6-15H,16,18H2,1-5H3/b26-23-. The zero-order chi connectivity index (χ0) is 24.0. The Morgan fingerprint density at radius 3 is 2.27 bits per heavy atom. The van der Waals surface area contributed by atoms with Gasteiger partial charge in [-0.1, -0.05) is 75.4 Å². The molecule has 1 heterocycles. The number of carbonyl (C=O) groups excluding carboxylic acids is 1. The number of nitrogens with zero attached hydrogens (tertiary/aromatic N) is 3. The average Bonchev–Trinajstić information content (AvgIpc) is 3.11. The van der Waals surface area contributed by atoms with Gasteiger partial charge in [0.25, 0.3) is 0 Å². The van der Waals surface area contributed by atoms with E-state index in [-0.39, 0.29) is 18.6 Å². The van der Waals surface area contributed by atoms with Crippen molar-refractivity contribution in [3.63, 3.8) is 0 Å². The summed E-state index contributed by atoms with van der Waals surface area (Å²) in [5, 5.41) is 14.4. The highest BCUT2D eigenvalue weighted by molar-refractivity contribution is 5.94. The summed E-state index contributed by atoms with van der Waals surface area (Å²) in [6, 6.07) is 21.3. The number of aromatic nitrogens is 2. The molecule has 2 aromatic carbocycles. The van der Waals surface area contributed by atoms with Crippen molar-refractivity contribution in [2.45, 2.75) is 39.5 Å². The second-order valence-corrected chi connectivity index (χ2v) is 8.88. The first kappa shape index (κ1) is 23.8. The molecule has 0 bridgehead atoms. The number of esters is 1. The number of rotatable bonds is 7. The zero-order valence-corrected chi connectivity index (χ0v) is 19.8. The molecule has 0 fully saturated rings. The quantitative estimate of drug-likeness (QED) is 0.218. The van der Waals surface area contributed by atoms with Crippen LogP contribution in [0.15, 0.2) is 60.7 Å². The monoisotopic (exact) mass is 443 g/mol. The molecule has 0 aliphatic rings. The Morgan fingerprint density at radius 2 is 1.73 bits per heavy atom. The van der Waals surface area contributed by atoms with Crippen molar-refractivity contribution < 1.29 is 14.3 Å². The van der Waals surface area contributed by atoms with E-state index in [0.29, 0.717) is 17.0 Å². The fourth-order valence-corrected chi connectivity index (χ4v) is 3.45. The molecule has 0 spiro atoms. The van der Waals surface area contributed by atoms with Crippen LogP contribution in [0, 0.1) is 18.3 Å². The van der Waals surface area contributed by atoms with Crippen molar-refractivity contribution in [2.24, 2.45) is 7.05 Å². The second kappa shape index (κ2) is 10.2. The van der Waals surface area contributed by atoms with Gasteiger partial charge in [0.05, 0.1) is 12.1 Å². The van der Waals surface area contributed by atoms with Crippen molar-refractivity contribution >= 4 is 17.3 Å². The molecule has 0 aliphatic carbocycles. The first-order valence-corrected chi connectivity index (χ1v) is 10.8. The van der Waals surface area contributed by atoms with Gasteiger partial charge in [0.1, 0.15) is 17.3 Å². The molecule has 0 N–H and O–H groups in total. The van der Waals surface area contributed by atoms with E-state index in [2.05, 4.69) is 31.9 Å². The predicted octanol–water partition coefficient (Wildman–Crippen LogP) is 5.18. The van der Waals surface area contributed by atoms with Gasteiger partial charge in [-0.15, -0.1) is 0 Å². The van der Waals surface area contributed by atoms with Crippen molar-refractivity contribution in [2.75, 3.05) is 6.79 Å². The fourth-order valence-electron chi connectivity index (χ4n) is 3.45. The molecule has 3 rings (SSSR count). The summed E-state index contributed by atoms with van der Waals surface area (Å²) in [7, 11) is 1.78. The molecule has 0 saturated heterocycles. The highest BCUT2D eigenvalue weighted by Gasteiger charge is 2.20. The predicted molar refractivity (Wildman–Crippen MR) is 128 cm³/mol. The van der Waals surface area contributed by atoms with Crippen molar-refractivity contribution in [1.29, 1.82) is 5.26 Å². The van der Waals surface area contributed by atoms with Gasteiger partial charge in [-0.2, -0.15) is 10.4 Å². The molecule has 6 nitrogen and oxygen atoms in total. The van der Waals surface area contributed by atoms with Gasteiger partial charge >= 0.3 is 5.97 Å². The van der Waals surface area contributed by atoms with E-state index in [9.17, 15) is 10.1 Å². The minimum absolute atomic E-state index is 0.000482. The smallest absolute Gasteiger partial charge is 0.313 e. The summed E-state index contributed by atoms with van der Waals surface area (Å²) < 4.78 is 12.8. The maximum absolute atomic E-state index is 12.2. The van der Waals surface area contributed by atoms with Gasteiger partial charge in [-0.25, -0.2) is 0 Å². The number of nitriles is 1. The Morgan fingerprint density at radius 1 is 1.06 bits per heavy atom. The lowest BCUT2D eigenvalue weighted by Crippen LogP contribution is -2.12. The highest BCUT2D eigenvalue weighted by Crippen LogP contribution is 2.30. The summed E-state index contributed by atoms with van der Waals surface area (Å²) in [6.07, 6.45) is 0.146. The molecule has 0 amide bonds. The molecule has 0 unspecified atom stereocenters. The first-order valence-electron chi connectivity index (χ1n) is 10.8. The van der Waals surface area contributed by atoms with E-state index >= 15 is 0 Å².